The van der Waals surface area contributed by atoms with Gasteiger partial charge in [-0.05, 0) is 26.3 Å². The number of nitrogens with zero attached hydrogens (tertiary/aromatic N) is 4. The van der Waals surface area contributed by atoms with Crippen LogP contribution in [0.15, 0.2) is 0 Å². The fraction of sp³-hybridized carbons (Fsp3) is 0.786. The summed E-state index contributed by atoms with van der Waals surface area (Å²) in [5, 5.41) is 10.3. The highest BCUT2D eigenvalue weighted by atomic mass is 32.1. The second-order valence-corrected chi connectivity index (χ2v) is 7.26. The summed E-state index contributed by atoms with van der Waals surface area (Å²) in [6, 6.07) is 0. The Bertz CT molecular complexity index is 521. The third-order valence-electron chi connectivity index (χ3n) is 4.53. The van der Waals surface area contributed by atoms with Gasteiger partial charge < -0.3 is 9.64 Å². The highest BCUT2D eigenvalue weighted by molar-refractivity contribution is 7.11. The number of aromatic nitrogens is 2. The molecule has 2 saturated heterocycles. The van der Waals surface area contributed by atoms with Crippen molar-refractivity contribution in [2.75, 3.05) is 39.9 Å². The van der Waals surface area contributed by atoms with Crippen LogP contribution in [-0.2, 0) is 16.1 Å². The molecule has 0 saturated carbocycles. The van der Waals surface area contributed by atoms with Gasteiger partial charge in [0.2, 0.25) is 5.91 Å². The van der Waals surface area contributed by atoms with Crippen molar-refractivity contribution in [3.63, 3.8) is 0 Å². The molecule has 3 rings (SSSR count). The van der Waals surface area contributed by atoms with E-state index in [0.717, 1.165) is 49.0 Å². The van der Waals surface area contributed by atoms with Crippen LogP contribution < -0.4 is 0 Å². The van der Waals surface area contributed by atoms with Gasteiger partial charge in [-0.15, -0.1) is 21.5 Å². The fourth-order valence-corrected chi connectivity index (χ4v) is 4.12. The monoisotopic (exact) mass is 310 g/mol. The molecule has 3 heterocycles. The number of methoxy groups -OCH3 is 1. The molecule has 21 heavy (non-hydrogen) atoms. The molecule has 0 aliphatic carbocycles. The van der Waals surface area contributed by atoms with E-state index in [1.165, 1.54) is 0 Å². The molecule has 1 aromatic rings. The number of ether oxygens (including phenoxy) is 1. The van der Waals surface area contributed by atoms with E-state index in [4.69, 9.17) is 4.74 Å². The molecule has 1 atom stereocenters. The van der Waals surface area contributed by atoms with E-state index in [-0.39, 0.29) is 5.41 Å². The van der Waals surface area contributed by atoms with Gasteiger partial charge in [-0.1, -0.05) is 0 Å². The normalized spacial score (nSPS) is 26.4. The van der Waals surface area contributed by atoms with Crippen LogP contribution in [0.5, 0.6) is 0 Å². The molecule has 0 bridgehead atoms. The highest BCUT2D eigenvalue weighted by Crippen LogP contribution is 2.41. The maximum absolute atomic E-state index is 12.7. The molecule has 2 fully saturated rings. The zero-order chi connectivity index (χ0) is 14.9. The lowest BCUT2D eigenvalue weighted by molar-refractivity contribution is -0.136. The number of hydrogen-bond donors (Lipinski definition) is 0. The first-order valence-electron chi connectivity index (χ1n) is 7.43. The summed E-state index contributed by atoms with van der Waals surface area (Å²) in [6.45, 7) is 6.83. The van der Waals surface area contributed by atoms with Crippen LogP contribution >= 0.6 is 11.3 Å². The first kappa shape index (κ1) is 14.9. The third kappa shape index (κ3) is 2.95. The minimum absolute atomic E-state index is 0.159. The van der Waals surface area contributed by atoms with Crippen molar-refractivity contribution < 1.29 is 9.53 Å². The molecule has 0 aromatic carbocycles. The molecule has 1 amide bonds. The van der Waals surface area contributed by atoms with Crippen LogP contribution in [0, 0.1) is 12.3 Å². The lowest BCUT2D eigenvalue weighted by Crippen LogP contribution is -2.38. The molecule has 116 valence electrons. The minimum Gasteiger partial charge on any atom is -0.383 e. The zero-order valence-electron chi connectivity index (χ0n) is 12.7. The number of likely N-dealkylation sites (tertiary alicyclic amines) is 2. The standard InChI is InChI=1S/C14H22N4O2S/c1-11-15-16-12(21-11)9-17-5-3-14(10-17)4-6-18(13(14)19)7-8-20-2/h3-10H2,1-2H3. The number of carbonyl (C=O) groups is 1. The predicted molar refractivity (Wildman–Crippen MR) is 80.0 cm³/mol. The zero-order valence-corrected chi connectivity index (χ0v) is 13.5. The molecule has 0 N–H and O–H groups in total. The Morgan fingerprint density at radius 2 is 2.14 bits per heavy atom. The van der Waals surface area contributed by atoms with E-state index in [9.17, 15) is 4.79 Å². The van der Waals surface area contributed by atoms with Crippen molar-refractivity contribution in [1.29, 1.82) is 0 Å². The molecule has 1 spiro atoms. The topological polar surface area (TPSA) is 58.6 Å². The molecule has 1 aromatic heterocycles. The van der Waals surface area contributed by atoms with Crippen LogP contribution in [0.2, 0.25) is 0 Å². The molecule has 6 nitrogen and oxygen atoms in total. The van der Waals surface area contributed by atoms with Crippen LogP contribution in [0.3, 0.4) is 0 Å². The van der Waals surface area contributed by atoms with Crippen molar-refractivity contribution in [2.45, 2.75) is 26.3 Å². The Labute approximate surface area is 129 Å². The van der Waals surface area contributed by atoms with Gasteiger partial charge >= 0.3 is 0 Å². The molecular formula is C14H22N4O2S. The van der Waals surface area contributed by atoms with Gasteiger partial charge in [0.15, 0.2) is 0 Å². The lowest BCUT2D eigenvalue weighted by atomic mass is 9.85. The maximum atomic E-state index is 12.7. The number of aryl methyl sites for hydroxylation is 1. The fourth-order valence-electron chi connectivity index (χ4n) is 3.37. The van der Waals surface area contributed by atoms with Crippen LogP contribution in [0.25, 0.3) is 0 Å². The van der Waals surface area contributed by atoms with E-state index in [1.807, 2.05) is 11.8 Å². The molecule has 0 radical (unpaired) electrons. The Morgan fingerprint density at radius 1 is 1.33 bits per heavy atom. The summed E-state index contributed by atoms with van der Waals surface area (Å²) in [6.07, 6.45) is 1.94. The number of carbonyl (C=O) groups excluding carboxylic acids is 1. The molecule has 2 aliphatic rings. The van der Waals surface area contributed by atoms with E-state index < -0.39 is 0 Å². The average Bonchev–Trinajstić information content (AvgIpc) is 3.13. The van der Waals surface area contributed by atoms with Crippen LogP contribution in [0.1, 0.15) is 22.9 Å². The Morgan fingerprint density at radius 3 is 2.86 bits per heavy atom. The third-order valence-corrected chi connectivity index (χ3v) is 5.35. The molecule has 1 unspecified atom stereocenters. The second-order valence-electron chi connectivity index (χ2n) is 5.99. The van der Waals surface area contributed by atoms with Gasteiger partial charge in [0, 0.05) is 26.7 Å². The van der Waals surface area contributed by atoms with Crippen molar-refractivity contribution >= 4 is 17.2 Å². The van der Waals surface area contributed by atoms with E-state index in [2.05, 4.69) is 15.1 Å². The summed E-state index contributed by atoms with van der Waals surface area (Å²) in [4.78, 5) is 17.0. The Kier molecular flexibility index (Phi) is 4.24. The summed E-state index contributed by atoms with van der Waals surface area (Å²) >= 11 is 1.64. The van der Waals surface area contributed by atoms with Gasteiger partial charge in [-0.3, -0.25) is 9.69 Å². The molecule has 7 heteroatoms. The second kappa shape index (κ2) is 5.98. The van der Waals surface area contributed by atoms with Crippen molar-refractivity contribution in [1.82, 2.24) is 20.0 Å². The lowest BCUT2D eigenvalue weighted by Gasteiger charge is -2.23. The molecule has 2 aliphatic heterocycles. The highest BCUT2D eigenvalue weighted by Gasteiger charge is 2.50. The van der Waals surface area contributed by atoms with Crippen LogP contribution in [0.4, 0.5) is 0 Å². The number of rotatable bonds is 5. The smallest absolute Gasteiger partial charge is 0.230 e. The summed E-state index contributed by atoms with van der Waals surface area (Å²) in [5.74, 6) is 0.315. The SMILES string of the molecule is COCCN1CCC2(CCN(Cc3nnc(C)s3)C2)C1=O. The maximum Gasteiger partial charge on any atom is 0.230 e. The summed E-state index contributed by atoms with van der Waals surface area (Å²) < 4.78 is 5.09. The Balaban J connectivity index is 1.59. The van der Waals surface area contributed by atoms with Gasteiger partial charge in [0.05, 0.1) is 18.6 Å². The largest absolute Gasteiger partial charge is 0.383 e. The number of hydrogen-bond acceptors (Lipinski definition) is 6. The summed E-state index contributed by atoms with van der Waals surface area (Å²) in [7, 11) is 1.68. The van der Waals surface area contributed by atoms with E-state index >= 15 is 0 Å². The van der Waals surface area contributed by atoms with Gasteiger partial charge in [-0.25, -0.2) is 0 Å². The van der Waals surface area contributed by atoms with Gasteiger partial charge in [-0.2, -0.15) is 0 Å². The predicted octanol–water partition coefficient (Wildman–Crippen LogP) is 0.917. The van der Waals surface area contributed by atoms with E-state index in [1.54, 1.807) is 18.4 Å². The first-order chi connectivity index (χ1) is 10.1. The van der Waals surface area contributed by atoms with Crippen molar-refractivity contribution in [2.24, 2.45) is 5.41 Å². The quantitative estimate of drug-likeness (QED) is 0.809. The Hall–Kier alpha value is -1.05. The average molecular weight is 310 g/mol. The minimum atomic E-state index is -0.159. The molecular weight excluding hydrogens is 288 g/mol. The van der Waals surface area contributed by atoms with Gasteiger partial charge in [0.25, 0.3) is 0 Å². The summed E-state index contributed by atoms with van der Waals surface area (Å²) in [5.41, 5.74) is -0.159. The van der Waals surface area contributed by atoms with Crippen LogP contribution in [-0.4, -0.2) is 65.8 Å². The van der Waals surface area contributed by atoms with Crippen molar-refractivity contribution in [3.05, 3.63) is 10.0 Å². The van der Waals surface area contributed by atoms with Crippen molar-refractivity contribution in [3.8, 4) is 0 Å². The van der Waals surface area contributed by atoms with Gasteiger partial charge in [0.1, 0.15) is 10.0 Å². The van der Waals surface area contributed by atoms with E-state index in [0.29, 0.717) is 19.1 Å². The first-order valence-corrected chi connectivity index (χ1v) is 8.24. The number of amides is 1.